The van der Waals surface area contributed by atoms with E-state index in [4.69, 9.17) is 14.6 Å². The Hall–Kier alpha value is -2.18. The second kappa shape index (κ2) is 36.7. The maximum absolute atomic E-state index is 12.1. The molecule has 0 aliphatic heterocycles. The zero-order valence-corrected chi connectivity index (χ0v) is 30.4. The van der Waals surface area contributed by atoms with Crippen LogP contribution in [0.1, 0.15) is 168 Å². The highest BCUT2D eigenvalue weighted by Gasteiger charge is 2.15. The van der Waals surface area contributed by atoms with Gasteiger partial charge in [-0.2, -0.15) is 0 Å². The summed E-state index contributed by atoms with van der Waals surface area (Å²) in [5.74, 6) is 0.164. The van der Waals surface area contributed by atoms with Crippen LogP contribution in [0.4, 0.5) is 0 Å². The molecule has 0 amide bonds. The van der Waals surface area contributed by atoms with Gasteiger partial charge in [0.25, 0.3) is 0 Å². The van der Waals surface area contributed by atoms with Crippen molar-refractivity contribution >= 4 is 11.9 Å². The Bertz CT molecular complexity index is 813. The van der Waals surface area contributed by atoms with Gasteiger partial charge < -0.3 is 19.7 Å². The van der Waals surface area contributed by atoms with Gasteiger partial charge in [0, 0.05) is 19.4 Å². The van der Waals surface area contributed by atoms with Crippen molar-refractivity contribution in [3.05, 3.63) is 48.6 Å². The Morgan fingerprint density at radius 1 is 0.532 bits per heavy atom. The molecule has 6 nitrogen and oxygen atoms in total. The van der Waals surface area contributed by atoms with Crippen LogP contribution < -0.4 is 0 Å². The smallest absolute Gasteiger partial charge is 0.306 e. The molecule has 0 bridgehead atoms. The van der Waals surface area contributed by atoms with Crippen molar-refractivity contribution in [2.75, 3.05) is 19.8 Å². The van der Waals surface area contributed by atoms with Gasteiger partial charge in [-0.3, -0.25) is 9.59 Å². The van der Waals surface area contributed by atoms with Gasteiger partial charge >= 0.3 is 11.9 Å². The molecule has 0 aliphatic carbocycles. The molecule has 0 aliphatic rings. The fourth-order valence-electron chi connectivity index (χ4n) is 5.18. The van der Waals surface area contributed by atoms with E-state index in [0.29, 0.717) is 19.4 Å². The summed E-state index contributed by atoms with van der Waals surface area (Å²) in [4.78, 5) is 24.2. The van der Waals surface area contributed by atoms with Crippen LogP contribution in [0.25, 0.3) is 0 Å². The average molecular weight is 661 g/mol. The lowest BCUT2D eigenvalue weighted by Gasteiger charge is -2.15. The van der Waals surface area contributed by atoms with Gasteiger partial charge in [0.2, 0.25) is 0 Å². The van der Waals surface area contributed by atoms with Crippen molar-refractivity contribution in [1.82, 2.24) is 0 Å². The molecule has 0 fully saturated rings. The molecule has 0 aromatic rings. The zero-order valence-electron chi connectivity index (χ0n) is 30.4. The van der Waals surface area contributed by atoms with E-state index in [1.165, 1.54) is 64.2 Å². The molecule has 0 saturated heterocycles. The van der Waals surface area contributed by atoms with Crippen LogP contribution in [0.15, 0.2) is 48.6 Å². The number of esters is 2. The van der Waals surface area contributed by atoms with E-state index in [9.17, 15) is 14.7 Å². The van der Waals surface area contributed by atoms with Gasteiger partial charge in [-0.1, -0.05) is 146 Å². The molecule has 1 atom stereocenters. The number of allylic oxidation sites excluding steroid dienone is 8. The summed E-state index contributed by atoms with van der Waals surface area (Å²) in [7, 11) is 0. The van der Waals surface area contributed by atoms with Crippen molar-refractivity contribution in [1.29, 1.82) is 0 Å². The van der Waals surface area contributed by atoms with Crippen LogP contribution in [0.2, 0.25) is 0 Å². The number of carbonyl (C=O) groups is 2. The lowest BCUT2D eigenvalue weighted by molar-refractivity contribution is -0.161. The normalized spacial score (nSPS) is 12.8. The molecule has 47 heavy (non-hydrogen) atoms. The van der Waals surface area contributed by atoms with Crippen molar-refractivity contribution in [3.8, 4) is 0 Å². The number of unbranched alkanes of at least 4 members (excludes halogenated alkanes) is 15. The molecule has 6 heteroatoms. The number of hydrogen-bond donors (Lipinski definition) is 2. The molecule has 0 unspecified atom stereocenters. The molecular weight excluding hydrogens is 588 g/mol. The van der Waals surface area contributed by atoms with Crippen LogP contribution in [0, 0.1) is 5.92 Å². The Kier molecular flexibility index (Phi) is 35.0. The maximum atomic E-state index is 12.1. The van der Waals surface area contributed by atoms with Crippen molar-refractivity contribution in [3.63, 3.8) is 0 Å². The van der Waals surface area contributed by atoms with E-state index in [0.717, 1.165) is 76.5 Å². The third-order valence-electron chi connectivity index (χ3n) is 8.11. The number of ether oxygens (including phenoxy) is 2. The number of hydrogen-bond acceptors (Lipinski definition) is 6. The molecule has 2 N–H and O–H groups in total. The van der Waals surface area contributed by atoms with Gasteiger partial charge in [0.1, 0.15) is 6.61 Å². The quantitative estimate of drug-likeness (QED) is 0.0405. The predicted octanol–water partition coefficient (Wildman–Crippen LogP) is 10.7. The van der Waals surface area contributed by atoms with E-state index in [1.54, 1.807) is 0 Å². The Labute approximate surface area is 289 Å². The Morgan fingerprint density at radius 2 is 0.979 bits per heavy atom. The highest BCUT2D eigenvalue weighted by atomic mass is 16.6. The maximum Gasteiger partial charge on any atom is 0.306 e. The minimum atomic E-state index is -0.806. The van der Waals surface area contributed by atoms with Crippen LogP contribution in [-0.4, -0.2) is 48.1 Å². The van der Waals surface area contributed by atoms with Crippen LogP contribution >= 0.6 is 0 Å². The first-order chi connectivity index (χ1) is 23.0. The number of aliphatic hydroxyl groups excluding tert-OH is 2. The van der Waals surface area contributed by atoms with E-state index >= 15 is 0 Å². The van der Waals surface area contributed by atoms with Crippen molar-refractivity contribution in [2.24, 2.45) is 5.92 Å². The molecule has 0 heterocycles. The second-order valence-corrected chi connectivity index (χ2v) is 13.2. The van der Waals surface area contributed by atoms with Crippen LogP contribution in [0.5, 0.6) is 0 Å². The summed E-state index contributed by atoms with van der Waals surface area (Å²) >= 11 is 0. The minimum Gasteiger partial charge on any atom is -0.462 e. The summed E-state index contributed by atoms with van der Waals surface area (Å²) in [6, 6.07) is 0. The molecular formula is C41H72O6. The van der Waals surface area contributed by atoms with Gasteiger partial charge in [0.15, 0.2) is 6.10 Å². The highest BCUT2D eigenvalue weighted by Crippen LogP contribution is 2.14. The van der Waals surface area contributed by atoms with Gasteiger partial charge in [-0.25, -0.2) is 0 Å². The minimum absolute atomic E-state index is 0.0942. The van der Waals surface area contributed by atoms with Crippen molar-refractivity contribution < 1.29 is 29.3 Å². The zero-order chi connectivity index (χ0) is 34.5. The third-order valence-corrected chi connectivity index (χ3v) is 8.11. The summed E-state index contributed by atoms with van der Waals surface area (Å²) in [5.41, 5.74) is 0. The van der Waals surface area contributed by atoms with E-state index < -0.39 is 6.10 Å². The van der Waals surface area contributed by atoms with Crippen LogP contribution in [-0.2, 0) is 19.1 Å². The lowest BCUT2D eigenvalue weighted by Crippen LogP contribution is -2.28. The molecule has 0 rings (SSSR count). The molecule has 0 spiro atoms. The second-order valence-electron chi connectivity index (χ2n) is 13.2. The molecule has 0 aromatic carbocycles. The summed E-state index contributed by atoms with van der Waals surface area (Å²) in [5, 5.41) is 18.3. The highest BCUT2D eigenvalue weighted by molar-refractivity contribution is 5.70. The first kappa shape index (κ1) is 44.8. The number of aliphatic hydroxyl groups is 2. The van der Waals surface area contributed by atoms with E-state index in [-0.39, 0.29) is 31.6 Å². The molecule has 0 aromatic heterocycles. The number of carbonyl (C=O) groups excluding carboxylic acids is 2. The van der Waals surface area contributed by atoms with Gasteiger partial charge in [0.05, 0.1) is 6.61 Å². The summed E-state index contributed by atoms with van der Waals surface area (Å²) in [6.45, 7) is 4.44. The van der Waals surface area contributed by atoms with E-state index in [2.05, 4.69) is 62.5 Å². The number of rotatable bonds is 34. The standard InChI is InChI=1S/C41H72O6/c1-38(2)32-28-24-20-16-12-9-10-13-17-21-25-29-33-40(44)46-37-39(36-43)47-41(45)34-30-26-22-18-14-8-6-4-3-5-7-11-15-19-23-27-31-35-42/h3,5-6,8,11,15,18,22,38-39,42-43H,4,7,9-10,12-14,16-17,19-21,23-37H2,1-2H3/b5-3-,8-6-,15-11-,22-18-/t39-/m0/s1. The average Bonchev–Trinajstić information content (AvgIpc) is 3.06. The van der Waals surface area contributed by atoms with Crippen LogP contribution in [0.3, 0.4) is 0 Å². The largest absolute Gasteiger partial charge is 0.462 e. The third kappa shape index (κ3) is 36.5. The first-order valence-corrected chi connectivity index (χ1v) is 19.2. The monoisotopic (exact) mass is 661 g/mol. The molecule has 272 valence electrons. The van der Waals surface area contributed by atoms with Gasteiger partial charge in [-0.15, -0.1) is 0 Å². The van der Waals surface area contributed by atoms with E-state index in [1.807, 2.05) is 0 Å². The fourth-order valence-corrected chi connectivity index (χ4v) is 5.18. The summed E-state index contributed by atoms with van der Waals surface area (Å²) in [6.07, 6.45) is 41.9. The van der Waals surface area contributed by atoms with Gasteiger partial charge in [-0.05, 0) is 63.7 Å². The van der Waals surface area contributed by atoms with Crippen molar-refractivity contribution in [2.45, 2.75) is 174 Å². The Morgan fingerprint density at radius 3 is 1.49 bits per heavy atom. The lowest BCUT2D eigenvalue weighted by atomic mass is 10.0. The fraction of sp³-hybridized carbons (Fsp3) is 0.756. The Balaban J connectivity index is 3.66. The predicted molar refractivity (Wildman–Crippen MR) is 197 cm³/mol. The summed E-state index contributed by atoms with van der Waals surface area (Å²) < 4.78 is 10.5. The SMILES string of the molecule is CC(C)CCCCCCCCCCCCCCC(=O)OC[C@H](CO)OC(=O)CCC/C=C\C/C=C\C/C=C\C/C=C\CCCCCO. The topological polar surface area (TPSA) is 93.1 Å². The first-order valence-electron chi connectivity index (χ1n) is 19.2. The molecule has 0 radical (unpaired) electrons. The molecule has 0 saturated carbocycles.